The van der Waals surface area contributed by atoms with E-state index in [-0.39, 0.29) is 22.6 Å². The number of ketones is 1. The number of alkyl carbamates (subject to hydrolysis) is 1. The second-order valence-corrected chi connectivity index (χ2v) is 19.8. The van der Waals surface area contributed by atoms with Gasteiger partial charge in [0.15, 0.2) is 5.05 Å². The third-order valence-corrected chi connectivity index (χ3v) is 11.2. The number of hydrogen-bond donors (Lipinski definition) is 3. The van der Waals surface area contributed by atoms with Gasteiger partial charge in [-0.15, -0.1) is 0 Å². The van der Waals surface area contributed by atoms with Gasteiger partial charge in [0, 0.05) is 96.4 Å². The zero-order chi connectivity index (χ0) is 75.4. The van der Waals surface area contributed by atoms with Gasteiger partial charge in [0.05, 0.1) is 121 Å². The van der Waals surface area contributed by atoms with Crippen molar-refractivity contribution in [3.8, 4) is 0 Å². The van der Waals surface area contributed by atoms with Gasteiger partial charge in [0.1, 0.15) is 0 Å². The fraction of sp³-hybridized carbons (Fsp3) is 0.689. The first kappa shape index (κ1) is 118. The molecule has 90 heavy (non-hydrogen) atoms. The van der Waals surface area contributed by atoms with Crippen LogP contribution < -0.4 is 15.4 Å². The van der Waals surface area contributed by atoms with E-state index in [0.29, 0.717) is 19.8 Å². The van der Waals surface area contributed by atoms with Crippen LogP contribution in [0.25, 0.3) is 0 Å². The number of hydrogen-bond acceptors (Lipinski definition) is 37. The van der Waals surface area contributed by atoms with Crippen LogP contribution in [0.2, 0.25) is 0 Å². The maximum Gasteiger partial charge on any atom is 0.507 e. The average molecular weight is 1490 g/mol. The average Bonchev–Trinajstić information content (AvgIpc) is 3.68. The highest BCUT2D eigenvalue weighted by Crippen LogP contribution is 1.96. The minimum Gasteiger partial charge on any atom is -0.491 e. The molecule has 0 aliphatic carbocycles. The van der Waals surface area contributed by atoms with Crippen LogP contribution in [-0.2, 0) is 124 Å². The Hall–Kier alpha value is -5.88. The minimum absolute atomic E-state index is 0.176. The van der Waals surface area contributed by atoms with Crippen LogP contribution in [0.5, 0.6) is 0 Å². The summed E-state index contributed by atoms with van der Waals surface area (Å²) < 4.78 is 116. The number of esters is 4. The van der Waals surface area contributed by atoms with E-state index in [0.717, 1.165) is 51.4 Å². The second kappa shape index (κ2) is 89.5. The lowest BCUT2D eigenvalue weighted by Gasteiger charge is -2.09. The molecule has 36 nitrogen and oxygen atoms in total. The van der Waals surface area contributed by atoms with Crippen molar-refractivity contribution in [1.82, 2.24) is 29.5 Å². The minimum atomic E-state index is -3.41. The fourth-order valence-corrected chi connectivity index (χ4v) is 2.24. The zero-order valence-corrected chi connectivity index (χ0v) is 64.1. The Morgan fingerprint density at radius 1 is 0.422 bits per heavy atom. The molecule has 0 aliphatic heterocycles. The van der Waals surface area contributed by atoms with E-state index in [2.05, 4.69) is 151 Å². The molecule has 0 aromatic heterocycles. The van der Waals surface area contributed by atoms with Crippen LogP contribution in [0.4, 0.5) is 19.2 Å². The quantitative estimate of drug-likeness (QED) is 0.154. The predicted molar refractivity (Wildman–Crippen MR) is 359 cm³/mol. The molecule has 540 valence electrons. The molecule has 0 bridgehead atoms. The van der Waals surface area contributed by atoms with Crippen LogP contribution in [0.3, 0.4) is 0 Å². The number of carbonyl (C=O) groups is 9. The van der Waals surface area contributed by atoms with E-state index in [4.69, 9.17) is 0 Å². The van der Waals surface area contributed by atoms with Crippen LogP contribution >= 0.6 is 84.6 Å². The van der Waals surface area contributed by atoms with Crippen molar-refractivity contribution in [3.05, 3.63) is 0 Å². The molecule has 0 saturated carbocycles. The molecule has 0 rings (SSSR count). The number of thiocarbonyl (C=S) groups is 5. The lowest BCUT2D eigenvalue weighted by atomic mass is 10.5. The molecule has 3 N–H and O–H groups in total. The van der Waals surface area contributed by atoms with E-state index in [1.807, 2.05) is 25.1 Å². The van der Waals surface area contributed by atoms with Crippen molar-refractivity contribution in [2.45, 2.75) is 20.8 Å². The number of thioether (sulfide) groups is 2. The van der Waals surface area contributed by atoms with Gasteiger partial charge in [0.2, 0.25) is 10.2 Å². The fourth-order valence-electron chi connectivity index (χ4n) is 1.45. The van der Waals surface area contributed by atoms with Crippen LogP contribution in [0.15, 0.2) is 0 Å². The van der Waals surface area contributed by atoms with E-state index in [1.165, 1.54) is 123 Å². The monoisotopic (exact) mass is 1490 g/mol. The van der Waals surface area contributed by atoms with Gasteiger partial charge in [-0.2, -0.15) is 25.9 Å². The Labute approximate surface area is 566 Å². The Kier molecular flexibility index (Phi) is 118. The van der Waals surface area contributed by atoms with Crippen molar-refractivity contribution < 1.29 is 139 Å². The third-order valence-electron chi connectivity index (χ3n) is 5.90. The van der Waals surface area contributed by atoms with Crippen LogP contribution in [-0.4, -0.2) is 306 Å². The first-order valence-electron chi connectivity index (χ1n) is 22.6. The summed E-state index contributed by atoms with van der Waals surface area (Å²) in [5, 5.41) is 6.34. The summed E-state index contributed by atoms with van der Waals surface area (Å²) in [6, 6.07) is 0. The Morgan fingerprint density at radius 3 is 0.811 bits per heavy atom. The molecule has 0 aromatic rings. The molecule has 0 unspecified atom stereocenters. The molecule has 0 aromatic carbocycles. The number of ether oxygens (including phenoxy) is 15. The van der Waals surface area contributed by atoms with Crippen molar-refractivity contribution in [3.63, 3.8) is 0 Å². The molecular weight excluding hydrogens is 1390 g/mol. The summed E-state index contributed by atoms with van der Waals surface area (Å²) in [7, 11) is 30.1. The van der Waals surface area contributed by atoms with Gasteiger partial charge in [0.25, 0.3) is 10.3 Å². The number of nitrogens with zero attached hydrogens (tertiary/aromatic N) is 3. The maximum atomic E-state index is 10.4. The zero-order valence-electron chi connectivity index (χ0n) is 56.8. The topological polar surface area (TPSA) is 425 Å². The summed E-state index contributed by atoms with van der Waals surface area (Å²) in [5.41, 5.74) is 0. The van der Waals surface area contributed by atoms with Crippen molar-refractivity contribution in [2.75, 3.05) is 197 Å². The smallest absolute Gasteiger partial charge is 0.491 e. The molecule has 0 atom stereocenters. The molecule has 0 heterocycles. The molecule has 0 fully saturated rings. The normalized spacial score (nSPS) is 8.18. The largest absolute Gasteiger partial charge is 0.507 e. The van der Waals surface area contributed by atoms with E-state index >= 15 is 0 Å². The molecule has 2 amide bonds. The van der Waals surface area contributed by atoms with Gasteiger partial charge in [-0.1, -0.05) is 11.8 Å². The summed E-state index contributed by atoms with van der Waals surface area (Å²) in [6.07, 6.45) is 2.17. The first-order valence-corrected chi connectivity index (χ1v) is 29.9. The molecule has 0 saturated heterocycles. The number of amides is 2. The SMILES string of the molecule is CNC(=O)OC.CNC(=S)OC.CNS(=O)(=O)OC.COC(=O)C(=O)OC.COC(=O)C(C)=O.COC(=O)N(C)C.COC(=O)OC.COC(=O)SC.COC(=S)N(C)C.COC(=S)OC.COC(=S)SC.COC(C)=O.COC(C)=S.COS(=O)(=O)N(C)C. The number of methoxy groups -OCH3 is 15. The highest BCUT2D eigenvalue weighted by molar-refractivity contribution is 8.22. The van der Waals surface area contributed by atoms with E-state index < -0.39 is 56.5 Å². The number of Topliss-reactive ketones (excluding diaryl/α,β-unsaturated/α-hetero) is 1. The van der Waals surface area contributed by atoms with Gasteiger partial charge in [-0.25, -0.2) is 33.6 Å². The summed E-state index contributed by atoms with van der Waals surface area (Å²) >= 11 is 25.2. The molecule has 0 spiro atoms. The Balaban J connectivity index is -0.0000000577. The highest BCUT2D eigenvalue weighted by atomic mass is 32.2. The Morgan fingerprint density at radius 2 is 0.800 bits per heavy atom. The van der Waals surface area contributed by atoms with Gasteiger partial charge in [-0.3, -0.25) is 18.0 Å². The van der Waals surface area contributed by atoms with E-state index in [1.54, 1.807) is 60.6 Å². The van der Waals surface area contributed by atoms with Crippen molar-refractivity contribution in [1.29, 1.82) is 0 Å². The lowest BCUT2D eigenvalue weighted by Crippen LogP contribution is -2.22. The van der Waals surface area contributed by atoms with Crippen LogP contribution in [0.1, 0.15) is 20.8 Å². The lowest BCUT2D eigenvalue weighted by molar-refractivity contribution is -0.164. The molecule has 0 radical (unpaired) electrons. The predicted octanol–water partition coefficient (Wildman–Crippen LogP) is 3.04. The van der Waals surface area contributed by atoms with Gasteiger partial charge < -0.3 is 91.5 Å². The van der Waals surface area contributed by atoms with Gasteiger partial charge >= 0.3 is 73.4 Å². The molecular formula is C45H96N6O30S9. The Bertz CT molecular complexity index is 1900. The second-order valence-electron chi connectivity index (χ2n) is 12.5. The summed E-state index contributed by atoms with van der Waals surface area (Å²) in [6.45, 7) is 4.25. The van der Waals surface area contributed by atoms with Crippen LogP contribution in [0, 0.1) is 0 Å². The molecule has 0 aliphatic rings. The maximum absolute atomic E-state index is 10.4. The summed E-state index contributed by atoms with van der Waals surface area (Å²) in [4.78, 5) is 92.3. The first-order chi connectivity index (χ1) is 41.3. The summed E-state index contributed by atoms with van der Waals surface area (Å²) in [5.74, 6) is -3.56. The number of carbonyl (C=O) groups excluding carboxylic acids is 9. The van der Waals surface area contributed by atoms with Gasteiger partial charge in [-0.05, 0) is 73.1 Å². The third kappa shape index (κ3) is 136. The standard InChI is InChI=1S/C4H9NO2.C4H9NOS.C4H6O4.C4H6O3.C3H9NO3S.C3H7NO2.C3H7NOS.C3H6O3.2C3H6O2S.C3H6O2.C3H6OS2.C3H6OS.C2H7NO3S/c1-5(2)4(6)7-3;1-5(2)4(7)6-3;1-7-3(5)4(6)8-2;1-3(5)4(6)7-2;1-4(2)8(5,6)7-3;1-4-3(5)6-2;1-4-3(6)5-2;2*1-5-3(4)6-2;1-4-3(6)5-2;1-3(4)5-2;1-4-3(5)6-2;1-3(5)4-2;1-3-7(4,5)6-2/h2*1-3H3;1-2H3;1-2H3;1-3H3;1-2H3,(H,4,5);1-2H3,(H,4,6);3*1-2H3;1-2H3;1-2H3;1-2H3;3H,1-2H3. The van der Waals surface area contributed by atoms with E-state index in [9.17, 15) is 60.0 Å². The highest BCUT2D eigenvalue weighted by Gasteiger charge is 2.12. The number of nitrogens with one attached hydrogen (secondary N) is 3. The number of rotatable bonds is 5. The van der Waals surface area contributed by atoms with Crippen molar-refractivity contribution in [2.24, 2.45) is 0 Å². The van der Waals surface area contributed by atoms with Crippen molar-refractivity contribution >= 4 is 184 Å². The molecule has 45 heteroatoms.